The van der Waals surface area contributed by atoms with Crippen molar-refractivity contribution in [2.45, 2.75) is 6.42 Å². The van der Waals surface area contributed by atoms with Crippen LogP contribution in [0.4, 0.5) is 0 Å². The fourth-order valence-electron chi connectivity index (χ4n) is 9.98. The van der Waals surface area contributed by atoms with Gasteiger partial charge in [-0.3, -0.25) is 4.57 Å². The molecule has 0 fully saturated rings. The van der Waals surface area contributed by atoms with Crippen LogP contribution in [0.5, 0.6) is 0 Å². The van der Waals surface area contributed by atoms with E-state index in [9.17, 15) is 0 Å². The molecule has 8 aromatic carbocycles. The molecule has 0 unspecified atom stereocenters. The maximum Gasteiger partial charge on any atom is 0.235 e. The zero-order chi connectivity index (χ0) is 37.2. The van der Waals surface area contributed by atoms with E-state index >= 15 is 0 Å². The predicted octanol–water partition coefficient (Wildman–Crippen LogP) is 13.2. The van der Waals surface area contributed by atoms with Crippen molar-refractivity contribution in [3.05, 3.63) is 193 Å². The summed E-state index contributed by atoms with van der Waals surface area (Å²) in [7, 11) is 0. The van der Waals surface area contributed by atoms with Crippen LogP contribution in [0.25, 0.3) is 111 Å². The molecule has 264 valence electrons. The number of fused-ring (bicyclic) bond motifs is 18. The van der Waals surface area contributed by atoms with Crippen molar-refractivity contribution in [1.29, 1.82) is 0 Å². The van der Waals surface area contributed by atoms with E-state index in [0.29, 0.717) is 5.95 Å². The van der Waals surface area contributed by atoms with Crippen molar-refractivity contribution in [1.82, 2.24) is 19.1 Å². The van der Waals surface area contributed by atoms with Gasteiger partial charge < -0.3 is 4.57 Å². The average molecular weight is 725 g/mol. The number of rotatable bonds is 2. The van der Waals surface area contributed by atoms with Gasteiger partial charge in [-0.15, -0.1) is 0 Å². The number of aromatic nitrogens is 4. The third kappa shape index (κ3) is 4.21. The fraction of sp³-hybridized carbons (Fsp3) is 0.0189. The molecule has 0 atom stereocenters. The normalized spacial score (nSPS) is 12.5. The standard InChI is InChI=1S/C53H32N4/c1-2-14-35-32(13-1)29-33-25-26-34(30-44(33)35)56-46-23-11-9-21-42(46)50-48(56)27-28-49-51(50)43-22-10-12-24-47(43)57(49)53-54-31-45-40-19-6-5-17-38(40)36-15-3-4-16-37(36)39-18-7-8-20-41(39)52(45)55-53/h1-28,30-31H,29H2. The number of benzene rings is 8. The molecule has 0 aliphatic heterocycles. The third-order valence-corrected chi connectivity index (χ3v) is 12.4. The van der Waals surface area contributed by atoms with Gasteiger partial charge in [0.2, 0.25) is 5.95 Å². The predicted molar refractivity (Wildman–Crippen MR) is 234 cm³/mol. The highest BCUT2D eigenvalue weighted by atomic mass is 15.2. The van der Waals surface area contributed by atoms with Gasteiger partial charge in [0.1, 0.15) is 0 Å². The SMILES string of the molecule is c1ccc2c(c1)Cc1ccc(-n3c4ccccc4c4c5c6ccccc6n(-c6ncc7c(n6)-c6ccccc6-c6ccccc6-c6ccccc6-7)c5ccc43)cc1-2. The van der Waals surface area contributed by atoms with Crippen LogP contribution < -0.4 is 0 Å². The van der Waals surface area contributed by atoms with Crippen LogP contribution in [0, 0.1) is 0 Å². The third-order valence-electron chi connectivity index (χ3n) is 12.4. The Morgan fingerprint density at radius 3 is 1.53 bits per heavy atom. The molecule has 0 N–H and O–H groups in total. The molecule has 0 spiro atoms. The summed E-state index contributed by atoms with van der Waals surface area (Å²) in [4.78, 5) is 10.8. The quantitative estimate of drug-likeness (QED) is 0.178. The monoisotopic (exact) mass is 724 g/mol. The summed E-state index contributed by atoms with van der Waals surface area (Å²) in [6, 6.07) is 64.0. The topological polar surface area (TPSA) is 35.6 Å². The highest BCUT2D eigenvalue weighted by Gasteiger charge is 2.26. The minimum absolute atomic E-state index is 0.654. The molecule has 4 heteroatoms. The number of nitrogens with zero attached hydrogens (tertiary/aromatic N) is 4. The molecule has 0 saturated heterocycles. The lowest BCUT2D eigenvalue weighted by Gasteiger charge is -2.22. The van der Waals surface area contributed by atoms with Gasteiger partial charge in [-0.1, -0.05) is 140 Å². The molecule has 11 aromatic rings. The van der Waals surface area contributed by atoms with E-state index in [1.165, 1.54) is 82.8 Å². The largest absolute Gasteiger partial charge is 0.309 e. The first-order valence-electron chi connectivity index (χ1n) is 19.6. The molecule has 0 bridgehead atoms. The fourth-order valence-corrected chi connectivity index (χ4v) is 9.98. The molecule has 13 rings (SSSR count). The summed E-state index contributed by atoms with van der Waals surface area (Å²) in [5, 5.41) is 4.85. The highest BCUT2D eigenvalue weighted by molar-refractivity contribution is 6.28. The van der Waals surface area contributed by atoms with Gasteiger partial charge in [0, 0.05) is 44.6 Å². The summed E-state index contributed by atoms with van der Waals surface area (Å²) >= 11 is 0. The minimum atomic E-state index is 0.654. The van der Waals surface area contributed by atoms with E-state index < -0.39 is 0 Å². The highest BCUT2D eigenvalue weighted by Crippen LogP contribution is 2.48. The molecule has 0 amide bonds. The van der Waals surface area contributed by atoms with E-state index in [-0.39, 0.29) is 0 Å². The summed E-state index contributed by atoms with van der Waals surface area (Å²) in [6.07, 6.45) is 3.02. The van der Waals surface area contributed by atoms with Crippen molar-refractivity contribution < 1.29 is 0 Å². The van der Waals surface area contributed by atoms with Gasteiger partial charge >= 0.3 is 0 Å². The van der Waals surface area contributed by atoms with E-state index in [1.54, 1.807) is 0 Å². The van der Waals surface area contributed by atoms with E-state index in [0.717, 1.165) is 39.8 Å². The van der Waals surface area contributed by atoms with Crippen LogP contribution in [-0.4, -0.2) is 19.1 Å². The summed E-state index contributed by atoms with van der Waals surface area (Å²) in [6.45, 7) is 0. The molecule has 0 radical (unpaired) electrons. The Bertz CT molecular complexity index is 3500. The first-order chi connectivity index (χ1) is 28.3. The van der Waals surface area contributed by atoms with E-state index in [1.807, 2.05) is 6.20 Å². The van der Waals surface area contributed by atoms with Crippen LogP contribution >= 0.6 is 0 Å². The second-order valence-electron chi connectivity index (χ2n) is 15.3. The van der Waals surface area contributed by atoms with Crippen molar-refractivity contribution in [3.63, 3.8) is 0 Å². The molecule has 3 aromatic heterocycles. The zero-order valence-corrected chi connectivity index (χ0v) is 30.8. The Labute approximate surface area is 328 Å². The summed E-state index contributed by atoms with van der Waals surface area (Å²) in [5.74, 6) is 0.654. The number of hydrogen-bond acceptors (Lipinski definition) is 2. The Hall–Kier alpha value is -7.56. The first-order valence-corrected chi connectivity index (χ1v) is 19.6. The van der Waals surface area contributed by atoms with Gasteiger partial charge in [-0.05, 0) is 92.9 Å². The summed E-state index contributed by atoms with van der Waals surface area (Å²) < 4.78 is 4.72. The second kappa shape index (κ2) is 11.5. The lowest BCUT2D eigenvalue weighted by Crippen LogP contribution is -2.05. The maximum atomic E-state index is 5.56. The van der Waals surface area contributed by atoms with E-state index in [2.05, 4.69) is 185 Å². The molecule has 4 nitrogen and oxygen atoms in total. The average Bonchev–Trinajstić information content (AvgIpc) is 3.93. The smallest absolute Gasteiger partial charge is 0.235 e. The van der Waals surface area contributed by atoms with Crippen LogP contribution in [0.15, 0.2) is 182 Å². The van der Waals surface area contributed by atoms with Crippen LogP contribution in [0.2, 0.25) is 0 Å². The van der Waals surface area contributed by atoms with Gasteiger partial charge in [0.05, 0.1) is 27.8 Å². The van der Waals surface area contributed by atoms with Gasteiger partial charge in [0.25, 0.3) is 0 Å². The molecule has 57 heavy (non-hydrogen) atoms. The number of para-hydroxylation sites is 2. The van der Waals surface area contributed by atoms with Crippen molar-refractivity contribution in [3.8, 4) is 67.4 Å². The lowest BCUT2D eigenvalue weighted by atomic mass is 9.83. The van der Waals surface area contributed by atoms with Crippen LogP contribution in [-0.2, 0) is 6.42 Å². The van der Waals surface area contributed by atoms with Gasteiger partial charge in [-0.25, -0.2) is 9.97 Å². The van der Waals surface area contributed by atoms with Crippen molar-refractivity contribution >= 4 is 43.6 Å². The van der Waals surface area contributed by atoms with Crippen molar-refractivity contribution in [2.24, 2.45) is 0 Å². The Morgan fingerprint density at radius 1 is 0.368 bits per heavy atom. The molecule has 2 aliphatic rings. The Morgan fingerprint density at radius 2 is 0.860 bits per heavy atom. The molecule has 2 aliphatic carbocycles. The number of hydrogen-bond donors (Lipinski definition) is 0. The van der Waals surface area contributed by atoms with Crippen molar-refractivity contribution in [2.75, 3.05) is 0 Å². The minimum Gasteiger partial charge on any atom is -0.309 e. The Balaban J connectivity index is 1.09. The summed E-state index contributed by atoms with van der Waals surface area (Å²) in [5.41, 5.74) is 20.1. The second-order valence-corrected chi connectivity index (χ2v) is 15.3. The maximum absolute atomic E-state index is 5.56. The molecular formula is C53H32N4. The molecule has 0 saturated carbocycles. The van der Waals surface area contributed by atoms with Crippen LogP contribution in [0.1, 0.15) is 11.1 Å². The van der Waals surface area contributed by atoms with Crippen LogP contribution in [0.3, 0.4) is 0 Å². The van der Waals surface area contributed by atoms with E-state index in [4.69, 9.17) is 9.97 Å². The molecular weight excluding hydrogens is 693 g/mol. The van der Waals surface area contributed by atoms with Gasteiger partial charge in [0.15, 0.2) is 0 Å². The molecule has 3 heterocycles. The zero-order valence-electron chi connectivity index (χ0n) is 30.8. The van der Waals surface area contributed by atoms with Gasteiger partial charge in [-0.2, -0.15) is 0 Å². The Kier molecular flexibility index (Phi) is 6.19. The first kappa shape index (κ1) is 30.7. The lowest BCUT2D eigenvalue weighted by molar-refractivity contribution is 0.994.